The van der Waals surface area contributed by atoms with Gasteiger partial charge in [0.25, 0.3) is 0 Å². The molecule has 0 bridgehead atoms. The van der Waals surface area contributed by atoms with Crippen molar-refractivity contribution >= 4 is 0 Å². The van der Waals surface area contributed by atoms with Gasteiger partial charge in [-0.15, -0.1) is 0 Å². The van der Waals surface area contributed by atoms with Crippen molar-refractivity contribution in [2.45, 2.75) is 88.8 Å². The Balaban J connectivity index is 1.43. The average Bonchev–Trinajstić information content (AvgIpc) is 3.00. The number of allylic oxidation sites excluding steroid dienone is 2. The summed E-state index contributed by atoms with van der Waals surface area (Å²) < 4.78 is 12.0. The minimum absolute atomic E-state index is 0.252. The van der Waals surface area contributed by atoms with Gasteiger partial charge in [-0.2, -0.15) is 0 Å². The van der Waals surface area contributed by atoms with Crippen LogP contribution >= 0.6 is 0 Å². The summed E-state index contributed by atoms with van der Waals surface area (Å²) in [6.45, 7) is 8.40. The van der Waals surface area contributed by atoms with Gasteiger partial charge in [0, 0.05) is 24.9 Å². The van der Waals surface area contributed by atoms with Crippen molar-refractivity contribution in [2.75, 3.05) is 7.11 Å². The number of hydrogen-bond acceptors (Lipinski definition) is 2. The average molecular weight is 417 g/mol. The third-order valence-electron chi connectivity index (χ3n) is 8.58. The summed E-state index contributed by atoms with van der Waals surface area (Å²) in [4.78, 5) is 0. The molecule has 1 atom stereocenters. The van der Waals surface area contributed by atoms with E-state index in [4.69, 9.17) is 9.47 Å². The van der Waals surface area contributed by atoms with Crippen molar-refractivity contribution in [1.82, 2.24) is 0 Å². The van der Waals surface area contributed by atoms with Gasteiger partial charge in [0.2, 0.25) is 0 Å². The van der Waals surface area contributed by atoms with Crippen LogP contribution in [-0.2, 0) is 14.9 Å². The maximum absolute atomic E-state index is 6.36. The molecule has 0 radical (unpaired) electrons. The van der Waals surface area contributed by atoms with Crippen LogP contribution < -0.4 is 0 Å². The summed E-state index contributed by atoms with van der Waals surface area (Å²) in [6.07, 6.45) is 9.92. The quantitative estimate of drug-likeness (QED) is 0.502. The number of ether oxygens (including phenoxy) is 2. The van der Waals surface area contributed by atoms with Crippen molar-refractivity contribution in [3.8, 4) is 11.1 Å². The van der Waals surface area contributed by atoms with Gasteiger partial charge < -0.3 is 9.47 Å². The molecule has 3 aliphatic rings. The van der Waals surface area contributed by atoms with Gasteiger partial charge in [0.05, 0.1) is 5.76 Å². The Morgan fingerprint density at radius 2 is 1.52 bits per heavy atom. The van der Waals surface area contributed by atoms with Gasteiger partial charge in [-0.1, -0.05) is 61.7 Å². The molecule has 3 aliphatic carbocycles. The number of benzene rings is 2. The van der Waals surface area contributed by atoms with E-state index < -0.39 is 0 Å². The molecule has 164 valence electrons. The van der Waals surface area contributed by atoms with Gasteiger partial charge in [0.1, 0.15) is 11.2 Å². The van der Waals surface area contributed by atoms with Crippen LogP contribution in [0.4, 0.5) is 0 Å². The molecule has 1 fully saturated rings. The predicted molar refractivity (Wildman–Crippen MR) is 127 cm³/mol. The lowest BCUT2D eigenvalue weighted by atomic mass is 9.67. The highest BCUT2D eigenvalue weighted by Crippen LogP contribution is 2.56. The molecule has 2 heteroatoms. The topological polar surface area (TPSA) is 18.5 Å². The molecule has 5 rings (SSSR count). The van der Waals surface area contributed by atoms with E-state index in [0.29, 0.717) is 5.92 Å². The van der Waals surface area contributed by atoms with Crippen molar-refractivity contribution in [3.63, 3.8) is 0 Å². The summed E-state index contributed by atoms with van der Waals surface area (Å²) in [5, 5.41) is 0. The Morgan fingerprint density at radius 1 is 0.839 bits per heavy atom. The molecule has 0 amide bonds. The number of fused-ring (bicyclic) bond motifs is 5. The Kier molecular flexibility index (Phi) is 4.86. The van der Waals surface area contributed by atoms with E-state index >= 15 is 0 Å². The third-order valence-corrected chi connectivity index (χ3v) is 8.58. The zero-order chi connectivity index (χ0) is 21.9. The SMILES string of the molecule is COC(C)(C)C(C)(C)OC1=CC(c2ccc3c(c2)-c2ccccc2C32CCCCC2)C1. The fourth-order valence-electron chi connectivity index (χ4n) is 5.80. The molecule has 0 aliphatic heterocycles. The monoisotopic (exact) mass is 416 g/mol. The first kappa shape index (κ1) is 20.8. The number of methoxy groups -OCH3 is 1. The molecule has 0 saturated heterocycles. The van der Waals surface area contributed by atoms with E-state index in [0.717, 1.165) is 12.2 Å². The van der Waals surface area contributed by atoms with Crippen molar-refractivity contribution < 1.29 is 9.47 Å². The van der Waals surface area contributed by atoms with Gasteiger partial charge in [-0.25, -0.2) is 0 Å². The highest BCUT2D eigenvalue weighted by atomic mass is 16.6. The molecule has 1 unspecified atom stereocenters. The maximum atomic E-state index is 6.36. The smallest absolute Gasteiger partial charge is 0.131 e. The molecular weight excluding hydrogens is 380 g/mol. The first-order chi connectivity index (χ1) is 14.8. The second kappa shape index (κ2) is 7.24. The minimum atomic E-state index is -0.372. The summed E-state index contributed by atoms with van der Waals surface area (Å²) in [7, 11) is 1.75. The largest absolute Gasteiger partial charge is 0.489 e. The van der Waals surface area contributed by atoms with Crippen molar-refractivity contribution in [1.29, 1.82) is 0 Å². The zero-order valence-electron chi connectivity index (χ0n) is 19.8. The summed E-state index contributed by atoms with van der Waals surface area (Å²) in [5.41, 5.74) is 7.02. The fraction of sp³-hybridized carbons (Fsp3) is 0.517. The molecule has 31 heavy (non-hydrogen) atoms. The first-order valence-electron chi connectivity index (χ1n) is 12.0. The Morgan fingerprint density at radius 3 is 2.23 bits per heavy atom. The Hall–Kier alpha value is -2.06. The van der Waals surface area contributed by atoms with Crippen LogP contribution in [-0.4, -0.2) is 18.3 Å². The number of rotatable bonds is 5. The summed E-state index contributed by atoms with van der Waals surface area (Å²) in [5.74, 6) is 1.53. The van der Waals surface area contributed by atoms with Crippen LogP contribution in [0.1, 0.15) is 88.8 Å². The molecule has 0 heterocycles. The lowest BCUT2D eigenvalue weighted by Gasteiger charge is -2.43. The maximum Gasteiger partial charge on any atom is 0.131 e. The molecule has 1 saturated carbocycles. The molecule has 0 N–H and O–H groups in total. The highest BCUT2D eigenvalue weighted by Gasteiger charge is 2.44. The molecular formula is C29H36O2. The Labute approximate surface area is 187 Å². The van der Waals surface area contributed by atoms with Crippen LogP contribution in [0.2, 0.25) is 0 Å². The normalized spacial score (nSPS) is 21.8. The zero-order valence-corrected chi connectivity index (χ0v) is 19.8. The molecule has 1 spiro atoms. The summed E-state index contributed by atoms with van der Waals surface area (Å²) in [6, 6.07) is 16.4. The van der Waals surface area contributed by atoms with Crippen LogP contribution in [0.5, 0.6) is 0 Å². The van der Waals surface area contributed by atoms with E-state index in [2.05, 4.69) is 76.2 Å². The van der Waals surface area contributed by atoms with Crippen LogP contribution in [0.15, 0.2) is 54.3 Å². The van der Waals surface area contributed by atoms with Crippen LogP contribution in [0.3, 0.4) is 0 Å². The van der Waals surface area contributed by atoms with E-state index in [-0.39, 0.29) is 16.6 Å². The predicted octanol–water partition coefficient (Wildman–Crippen LogP) is 7.51. The van der Waals surface area contributed by atoms with Gasteiger partial charge in [0.15, 0.2) is 0 Å². The molecule has 2 aromatic carbocycles. The lowest BCUT2D eigenvalue weighted by Crippen LogP contribution is -2.49. The molecule has 2 nitrogen and oxygen atoms in total. The van der Waals surface area contributed by atoms with Gasteiger partial charge in [-0.3, -0.25) is 0 Å². The lowest BCUT2D eigenvalue weighted by molar-refractivity contribution is -0.146. The standard InChI is InChI=1S/C29H36O2/c1-27(2,30-5)28(3,4)31-22-17-21(18-22)20-13-14-26-24(19-20)23-11-7-8-12-25(23)29(26)15-9-6-10-16-29/h7-8,11-14,17,19,21H,6,9-10,15-16,18H2,1-5H3. The summed E-state index contributed by atoms with van der Waals surface area (Å²) >= 11 is 0. The number of hydrogen-bond donors (Lipinski definition) is 0. The molecule has 2 aromatic rings. The van der Waals surface area contributed by atoms with Gasteiger partial charge >= 0.3 is 0 Å². The van der Waals surface area contributed by atoms with E-state index in [1.54, 1.807) is 18.2 Å². The second-order valence-corrected chi connectivity index (χ2v) is 10.8. The minimum Gasteiger partial charge on any atom is -0.489 e. The highest BCUT2D eigenvalue weighted by molar-refractivity contribution is 5.81. The van der Waals surface area contributed by atoms with Gasteiger partial charge in [-0.05, 0) is 74.4 Å². The second-order valence-electron chi connectivity index (χ2n) is 10.8. The third kappa shape index (κ3) is 3.18. The molecule has 0 aromatic heterocycles. The van der Waals surface area contributed by atoms with Crippen LogP contribution in [0, 0.1) is 0 Å². The van der Waals surface area contributed by atoms with Crippen molar-refractivity contribution in [2.24, 2.45) is 0 Å². The van der Waals surface area contributed by atoms with E-state index in [1.165, 1.54) is 48.8 Å². The first-order valence-corrected chi connectivity index (χ1v) is 12.0. The van der Waals surface area contributed by atoms with E-state index in [9.17, 15) is 0 Å². The Bertz CT molecular complexity index is 1020. The van der Waals surface area contributed by atoms with Crippen LogP contribution in [0.25, 0.3) is 11.1 Å². The van der Waals surface area contributed by atoms with Crippen molar-refractivity contribution in [3.05, 3.63) is 71.0 Å². The van der Waals surface area contributed by atoms with E-state index in [1.807, 2.05) is 0 Å². The fourth-order valence-corrected chi connectivity index (χ4v) is 5.80.